The molecule has 0 aliphatic heterocycles. The Morgan fingerprint density at radius 1 is 1.34 bits per heavy atom. The fourth-order valence-corrected chi connectivity index (χ4v) is 6.81. The average Bonchev–Trinajstić information content (AvgIpc) is 3.26. The van der Waals surface area contributed by atoms with Crippen LogP contribution in [-0.4, -0.2) is 46.8 Å². The van der Waals surface area contributed by atoms with Crippen molar-refractivity contribution in [2.75, 3.05) is 23.1 Å². The van der Waals surface area contributed by atoms with Gasteiger partial charge in [-0.1, -0.05) is 0 Å². The normalized spacial score (nSPS) is 27.5. The first-order chi connectivity index (χ1) is 14.8. The Hall–Kier alpha value is -2.46. The number of nitrogens with one attached hydrogen (secondary N) is 1. The average molecular weight is 465 g/mol. The van der Waals surface area contributed by atoms with E-state index in [0.717, 1.165) is 6.26 Å². The lowest BCUT2D eigenvalue weighted by molar-refractivity contribution is 0.0613. The summed E-state index contributed by atoms with van der Waals surface area (Å²) >= 11 is 0. The van der Waals surface area contributed by atoms with Gasteiger partial charge >= 0.3 is 0 Å². The van der Waals surface area contributed by atoms with Gasteiger partial charge in [-0.05, 0) is 68.2 Å². The van der Waals surface area contributed by atoms with E-state index in [-0.39, 0.29) is 35.1 Å². The first-order valence-corrected chi connectivity index (χ1v) is 12.7. The van der Waals surface area contributed by atoms with E-state index < -0.39 is 21.3 Å². The van der Waals surface area contributed by atoms with Crippen LogP contribution in [0.5, 0.6) is 0 Å². The van der Waals surface area contributed by atoms with E-state index in [4.69, 9.17) is 5.73 Å². The van der Waals surface area contributed by atoms with Crippen LogP contribution in [-0.2, 0) is 16.9 Å². The van der Waals surface area contributed by atoms with E-state index in [1.54, 1.807) is 20.0 Å². The molecule has 1 heterocycles. The monoisotopic (exact) mass is 464 g/mol. The summed E-state index contributed by atoms with van der Waals surface area (Å²) in [5.41, 5.74) is 6.82. The number of hydrogen-bond donors (Lipinski definition) is 3. The number of nitrogens with two attached hydrogens (primary N) is 1. The van der Waals surface area contributed by atoms with E-state index in [1.165, 1.54) is 16.8 Å². The number of aromatic nitrogens is 2. The number of carbonyl (C=O) groups excluding carboxylic acids is 1. The molecule has 0 spiro atoms. The number of amides is 1. The van der Waals surface area contributed by atoms with E-state index in [9.17, 15) is 22.7 Å². The van der Waals surface area contributed by atoms with Crippen LogP contribution in [0.15, 0.2) is 18.2 Å². The van der Waals surface area contributed by atoms with Crippen LogP contribution >= 0.6 is 0 Å². The third kappa shape index (κ3) is 4.38. The molecule has 4 rings (SSSR count). The molecular weight excluding hydrogens is 435 g/mol. The van der Waals surface area contributed by atoms with Gasteiger partial charge in [-0.3, -0.25) is 9.48 Å². The number of aliphatic hydroxyl groups is 1. The zero-order valence-electron chi connectivity index (χ0n) is 18.4. The van der Waals surface area contributed by atoms with Gasteiger partial charge in [0.05, 0.1) is 17.0 Å². The molecule has 1 aromatic heterocycles. The summed E-state index contributed by atoms with van der Waals surface area (Å²) in [4.78, 5) is 13.1. The number of anilines is 2. The second-order valence-electron chi connectivity index (χ2n) is 9.58. The highest BCUT2D eigenvalue weighted by Gasteiger charge is 2.51. The van der Waals surface area contributed by atoms with Crippen molar-refractivity contribution in [3.63, 3.8) is 0 Å². The van der Waals surface area contributed by atoms with Gasteiger partial charge in [-0.15, -0.1) is 0 Å². The first kappa shape index (κ1) is 22.7. The van der Waals surface area contributed by atoms with Crippen molar-refractivity contribution in [3.8, 4) is 0 Å². The smallest absolute Gasteiger partial charge is 0.261 e. The van der Waals surface area contributed by atoms with Crippen molar-refractivity contribution in [1.29, 1.82) is 0 Å². The predicted octanol–water partition coefficient (Wildman–Crippen LogP) is 2.38. The van der Waals surface area contributed by atoms with Gasteiger partial charge < -0.3 is 16.2 Å². The van der Waals surface area contributed by atoms with Gasteiger partial charge in [0.25, 0.3) is 5.91 Å². The first-order valence-electron chi connectivity index (χ1n) is 10.7. The van der Waals surface area contributed by atoms with Crippen molar-refractivity contribution in [2.45, 2.75) is 44.1 Å². The van der Waals surface area contributed by atoms with Gasteiger partial charge in [0.15, 0.2) is 0 Å². The minimum Gasteiger partial charge on any atom is -0.389 e. The molecule has 2 aliphatic rings. The zero-order chi connectivity index (χ0) is 23.4. The number of carbonyl (C=O) groups is 1. The van der Waals surface area contributed by atoms with Gasteiger partial charge in [0.1, 0.15) is 27.0 Å². The molecule has 2 saturated carbocycles. The highest BCUT2D eigenvalue weighted by molar-refractivity contribution is 7.90. The Bertz CT molecular complexity index is 1160. The zero-order valence-corrected chi connectivity index (χ0v) is 19.2. The second kappa shape index (κ2) is 7.84. The molecule has 4 N–H and O–H groups in total. The molecule has 174 valence electrons. The Kier molecular flexibility index (Phi) is 5.57. The van der Waals surface area contributed by atoms with Crippen LogP contribution in [0, 0.1) is 24.6 Å². The van der Waals surface area contributed by atoms with Crippen molar-refractivity contribution >= 4 is 27.2 Å². The molecule has 0 saturated heterocycles. The van der Waals surface area contributed by atoms with E-state index in [1.807, 2.05) is 0 Å². The molecule has 2 fully saturated rings. The number of rotatable bonds is 5. The number of fused-ring (bicyclic) bond motifs is 1. The second-order valence-corrected chi connectivity index (χ2v) is 11.7. The summed E-state index contributed by atoms with van der Waals surface area (Å²) in [5.74, 6) is -0.385. The van der Waals surface area contributed by atoms with Crippen LogP contribution in [0.25, 0.3) is 0 Å². The van der Waals surface area contributed by atoms with Crippen molar-refractivity contribution in [3.05, 3.63) is 40.8 Å². The van der Waals surface area contributed by atoms with Crippen molar-refractivity contribution < 1.29 is 22.7 Å². The number of sulfone groups is 1. The molecule has 1 amide bonds. The topological polar surface area (TPSA) is 127 Å². The Morgan fingerprint density at radius 2 is 1.97 bits per heavy atom. The maximum absolute atomic E-state index is 13.6. The van der Waals surface area contributed by atoms with Crippen LogP contribution in [0.2, 0.25) is 0 Å². The highest BCUT2D eigenvalue weighted by atomic mass is 32.2. The number of halogens is 1. The quantitative estimate of drug-likeness (QED) is 0.623. The molecule has 2 unspecified atom stereocenters. The largest absolute Gasteiger partial charge is 0.389 e. The maximum atomic E-state index is 13.6. The number of nitrogen functional groups attached to an aromatic ring is 1. The predicted molar refractivity (Wildman–Crippen MR) is 120 cm³/mol. The summed E-state index contributed by atoms with van der Waals surface area (Å²) in [6.07, 6.45) is 3.43. The molecule has 2 atom stereocenters. The number of hydrogen-bond acceptors (Lipinski definition) is 6. The lowest BCUT2D eigenvalue weighted by atomic mass is 9.92. The summed E-state index contributed by atoms with van der Waals surface area (Å²) < 4.78 is 38.4. The maximum Gasteiger partial charge on any atom is 0.261 e. The van der Waals surface area contributed by atoms with Gasteiger partial charge in [0.2, 0.25) is 0 Å². The summed E-state index contributed by atoms with van der Waals surface area (Å²) in [5, 5.41) is 18.1. The fourth-order valence-electron chi connectivity index (χ4n) is 5.59. The lowest BCUT2D eigenvalue weighted by Gasteiger charge is -2.23. The Morgan fingerprint density at radius 3 is 2.53 bits per heavy atom. The summed E-state index contributed by atoms with van der Waals surface area (Å²) in [7, 11) is -1.60. The van der Waals surface area contributed by atoms with Crippen molar-refractivity contribution in [1.82, 2.24) is 9.78 Å². The summed E-state index contributed by atoms with van der Waals surface area (Å²) in [6, 6.07) is 4.35. The molecule has 1 aromatic carbocycles. The molecule has 8 nitrogen and oxygen atoms in total. The molecule has 0 radical (unpaired) electrons. The molecule has 0 bridgehead atoms. The SMILES string of the molecule is Cc1cc(NC(=O)c2c(C3CC4CC(O)(CS(C)(=O)=O)CC4C3)nn(C)c2N)ccc1F. The van der Waals surface area contributed by atoms with Gasteiger partial charge in [-0.2, -0.15) is 5.10 Å². The van der Waals surface area contributed by atoms with E-state index >= 15 is 0 Å². The molecule has 10 heteroatoms. The Balaban J connectivity index is 1.53. The molecule has 2 aliphatic carbocycles. The number of aryl methyl sites for hydroxylation is 2. The van der Waals surface area contributed by atoms with Crippen LogP contribution in [0.3, 0.4) is 0 Å². The van der Waals surface area contributed by atoms with Crippen LogP contribution < -0.4 is 11.1 Å². The fraction of sp³-hybridized carbons (Fsp3) is 0.545. The van der Waals surface area contributed by atoms with Crippen LogP contribution in [0.4, 0.5) is 15.9 Å². The van der Waals surface area contributed by atoms with Crippen LogP contribution in [0.1, 0.15) is 53.2 Å². The molecule has 32 heavy (non-hydrogen) atoms. The minimum atomic E-state index is -3.28. The van der Waals surface area contributed by atoms with E-state index in [2.05, 4.69) is 10.4 Å². The third-order valence-electron chi connectivity index (χ3n) is 6.80. The highest BCUT2D eigenvalue weighted by Crippen LogP contribution is 2.54. The third-order valence-corrected chi connectivity index (χ3v) is 7.87. The summed E-state index contributed by atoms with van der Waals surface area (Å²) in [6.45, 7) is 1.62. The standard InChI is InChI=1S/C22H29FN4O4S/c1-12-6-16(4-5-17(12)23)25-21(28)18-19(26-27(2)20(18)24)13-7-14-9-22(29,10-15(14)8-13)11-32(3,30)31/h4-6,13-15,29H,7-11,24H2,1-3H3,(H,25,28). The number of benzene rings is 1. The lowest BCUT2D eigenvalue weighted by Crippen LogP contribution is -2.34. The van der Waals surface area contributed by atoms with E-state index in [0.29, 0.717) is 48.2 Å². The minimum absolute atomic E-state index is 0.00742. The molecular formula is C22H29FN4O4S. The Labute approximate surface area is 186 Å². The van der Waals surface area contributed by atoms with Gasteiger partial charge in [0, 0.05) is 24.9 Å². The van der Waals surface area contributed by atoms with Crippen molar-refractivity contribution in [2.24, 2.45) is 18.9 Å². The molecule has 2 aromatic rings. The number of nitrogens with zero attached hydrogens (tertiary/aromatic N) is 2. The van der Waals surface area contributed by atoms with Gasteiger partial charge in [-0.25, -0.2) is 12.8 Å².